The first-order chi connectivity index (χ1) is 10.9. The van der Waals surface area contributed by atoms with E-state index in [2.05, 4.69) is 0 Å². The van der Waals surface area contributed by atoms with Gasteiger partial charge < -0.3 is 0 Å². The van der Waals surface area contributed by atoms with Gasteiger partial charge in [0.15, 0.2) is 0 Å². The number of benzene rings is 2. The third-order valence-corrected chi connectivity index (χ3v) is 7.52. The number of rotatable bonds is 3. The van der Waals surface area contributed by atoms with E-state index in [1.54, 1.807) is 54.2 Å². The van der Waals surface area contributed by atoms with Gasteiger partial charge in [0.25, 0.3) is 0 Å². The van der Waals surface area contributed by atoms with Gasteiger partial charge in [0.2, 0.25) is 10.0 Å². The molecule has 3 rings (SSSR count). The lowest BCUT2D eigenvalue weighted by Crippen LogP contribution is -2.30. The van der Waals surface area contributed by atoms with Crippen LogP contribution in [-0.4, -0.2) is 25.0 Å². The molecule has 1 aliphatic rings. The van der Waals surface area contributed by atoms with Crippen LogP contribution in [0.25, 0.3) is 0 Å². The lowest BCUT2D eigenvalue weighted by molar-refractivity contribution is 0.434. The highest BCUT2D eigenvalue weighted by molar-refractivity contribution is 8.01. The average molecular weight is 388 g/mol. The summed E-state index contributed by atoms with van der Waals surface area (Å²) in [6.45, 7) is 2.39. The summed E-state index contributed by atoms with van der Waals surface area (Å²) in [5, 5.41) is 0.696. The maximum atomic E-state index is 13.0. The minimum Gasteiger partial charge on any atom is -0.207 e. The van der Waals surface area contributed by atoms with Gasteiger partial charge in [-0.2, -0.15) is 4.31 Å². The molecule has 0 bridgehead atoms. The summed E-state index contributed by atoms with van der Waals surface area (Å²) in [5.74, 6) is 0.731. The number of aryl methyl sites for hydroxylation is 1. The molecule has 0 radical (unpaired) electrons. The largest absolute Gasteiger partial charge is 0.244 e. The van der Waals surface area contributed by atoms with Crippen molar-refractivity contribution in [1.29, 1.82) is 0 Å². The van der Waals surface area contributed by atoms with Crippen LogP contribution in [0.15, 0.2) is 47.4 Å². The second kappa shape index (κ2) is 6.65. The average Bonchev–Trinajstić information content (AvgIpc) is 2.97. The molecule has 23 heavy (non-hydrogen) atoms. The third kappa shape index (κ3) is 3.39. The maximum absolute atomic E-state index is 13.0. The van der Waals surface area contributed by atoms with Crippen LogP contribution in [0.5, 0.6) is 0 Å². The van der Waals surface area contributed by atoms with Crippen molar-refractivity contribution in [2.24, 2.45) is 0 Å². The Morgan fingerprint density at radius 1 is 1.13 bits per heavy atom. The second-order valence-electron chi connectivity index (χ2n) is 5.32. The molecular weight excluding hydrogens is 373 g/mol. The first kappa shape index (κ1) is 17.1. The normalized spacial score (nSPS) is 19.2. The van der Waals surface area contributed by atoms with Crippen molar-refractivity contribution < 1.29 is 8.42 Å². The number of halogens is 2. The Balaban J connectivity index is 1.99. The van der Waals surface area contributed by atoms with E-state index in [4.69, 9.17) is 23.2 Å². The third-order valence-electron chi connectivity index (χ3n) is 3.71. The molecular formula is C16H15Cl2NO2S2. The van der Waals surface area contributed by atoms with E-state index >= 15 is 0 Å². The molecule has 2 aromatic carbocycles. The first-order valence-electron chi connectivity index (χ1n) is 7.04. The van der Waals surface area contributed by atoms with Gasteiger partial charge in [0.05, 0.1) is 10.3 Å². The standard InChI is InChI=1S/C16H15Cl2NO2S2/c1-11-2-5-13(6-3-11)23(20,21)19-8-9-22-16(19)14-7-4-12(17)10-15(14)18/h2-7,10,16H,8-9H2,1H3/t16-/m1/s1. The van der Waals surface area contributed by atoms with Crippen LogP contribution < -0.4 is 0 Å². The van der Waals surface area contributed by atoms with Crippen LogP contribution in [0.1, 0.15) is 16.5 Å². The smallest absolute Gasteiger partial charge is 0.207 e. The minimum absolute atomic E-state index is 0.306. The summed E-state index contributed by atoms with van der Waals surface area (Å²) in [6, 6.07) is 12.1. The lowest BCUT2D eigenvalue weighted by atomic mass is 10.2. The topological polar surface area (TPSA) is 37.4 Å². The Labute approximate surface area is 150 Å². The van der Waals surface area contributed by atoms with Crippen molar-refractivity contribution >= 4 is 45.0 Å². The van der Waals surface area contributed by atoms with Crippen molar-refractivity contribution in [2.45, 2.75) is 17.2 Å². The summed E-state index contributed by atoms with van der Waals surface area (Å²) < 4.78 is 27.4. The second-order valence-corrected chi connectivity index (χ2v) is 9.24. The van der Waals surface area contributed by atoms with Gasteiger partial charge in [0, 0.05) is 22.3 Å². The number of sulfonamides is 1. The van der Waals surface area contributed by atoms with E-state index in [0.29, 0.717) is 21.5 Å². The zero-order chi connectivity index (χ0) is 16.6. The molecule has 0 spiro atoms. The van der Waals surface area contributed by atoms with Gasteiger partial charge >= 0.3 is 0 Å². The van der Waals surface area contributed by atoms with E-state index in [-0.39, 0.29) is 5.37 Å². The monoisotopic (exact) mass is 387 g/mol. The maximum Gasteiger partial charge on any atom is 0.244 e. The Kier molecular flexibility index (Phi) is 4.95. The van der Waals surface area contributed by atoms with Gasteiger partial charge in [0.1, 0.15) is 0 Å². The molecule has 0 aromatic heterocycles. The summed E-state index contributed by atoms with van der Waals surface area (Å²) in [6.07, 6.45) is 0. The summed E-state index contributed by atoms with van der Waals surface area (Å²) in [7, 11) is -3.56. The van der Waals surface area contributed by atoms with Crippen LogP contribution in [0, 0.1) is 6.92 Å². The minimum atomic E-state index is -3.56. The van der Waals surface area contributed by atoms with Crippen LogP contribution in [0.3, 0.4) is 0 Å². The fraction of sp³-hybridized carbons (Fsp3) is 0.250. The van der Waals surface area contributed by atoms with Gasteiger partial charge in [-0.25, -0.2) is 8.42 Å². The Bertz CT molecular complexity index is 822. The van der Waals surface area contributed by atoms with Gasteiger partial charge in [-0.1, -0.05) is 47.0 Å². The molecule has 0 aliphatic carbocycles. The molecule has 7 heteroatoms. The van der Waals surface area contributed by atoms with Crippen LogP contribution >= 0.6 is 35.0 Å². The predicted molar refractivity (Wildman–Crippen MR) is 96.7 cm³/mol. The van der Waals surface area contributed by atoms with Gasteiger partial charge in [-0.3, -0.25) is 0 Å². The highest BCUT2D eigenvalue weighted by Crippen LogP contribution is 2.44. The van der Waals surface area contributed by atoms with Crippen molar-refractivity contribution in [3.05, 3.63) is 63.6 Å². The zero-order valence-electron chi connectivity index (χ0n) is 12.4. The predicted octanol–water partition coefficient (Wildman–Crippen LogP) is 4.74. The summed E-state index contributed by atoms with van der Waals surface area (Å²) in [4.78, 5) is 0.306. The highest BCUT2D eigenvalue weighted by Gasteiger charge is 2.37. The van der Waals surface area contributed by atoms with Crippen LogP contribution in [0.4, 0.5) is 0 Å². The molecule has 2 aromatic rings. The summed E-state index contributed by atoms with van der Waals surface area (Å²) >= 11 is 13.8. The molecule has 1 heterocycles. The van der Waals surface area contributed by atoms with Crippen LogP contribution in [0.2, 0.25) is 10.0 Å². The van der Waals surface area contributed by atoms with Crippen LogP contribution in [-0.2, 0) is 10.0 Å². The molecule has 1 aliphatic heterocycles. The SMILES string of the molecule is Cc1ccc(S(=O)(=O)N2CCS[C@@H]2c2ccc(Cl)cc2Cl)cc1. The Morgan fingerprint density at radius 2 is 1.83 bits per heavy atom. The molecule has 1 fully saturated rings. The van der Waals surface area contributed by atoms with E-state index in [1.165, 1.54) is 4.31 Å². The van der Waals surface area contributed by atoms with Crippen molar-refractivity contribution in [3.8, 4) is 0 Å². The first-order valence-corrected chi connectivity index (χ1v) is 10.3. The van der Waals surface area contributed by atoms with Crippen molar-refractivity contribution in [3.63, 3.8) is 0 Å². The van der Waals surface area contributed by atoms with E-state index in [9.17, 15) is 8.42 Å². The number of hydrogen-bond donors (Lipinski definition) is 0. The number of thioether (sulfide) groups is 1. The van der Waals surface area contributed by atoms with Gasteiger partial charge in [-0.15, -0.1) is 11.8 Å². The molecule has 1 saturated heterocycles. The zero-order valence-corrected chi connectivity index (χ0v) is 15.5. The fourth-order valence-electron chi connectivity index (χ4n) is 2.49. The Hall–Kier alpha value is -0.720. The number of nitrogens with zero attached hydrogens (tertiary/aromatic N) is 1. The Morgan fingerprint density at radius 3 is 2.48 bits per heavy atom. The molecule has 0 saturated carbocycles. The fourth-order valence-corrected chi connectivity index (χ4v) is 6.34. The highest BCUT2D eigenvalue weighted by atomic mass is 35.5. The molecule has 0 N–H and O–H groups in total. The molecule has 122 valence electrons. The summed E-state index contributed by atoms with van der Waals surface area (Å²) in [5.41, 5.74) is 1.80. The lowest BCUT2D eigenvalue weighted by Gasteiger charge is -2.24. The molecule has 0 unspecified atom stereocenters. The van der Waals surface area contributed by atoms with E-state index < -0.39 is 10.0 Å². The molecule has 1 atom stereocenters. The number of hydrogen-bond acceptors (Lipinski definition) is 3. The van der Waals surface area contributed by atoms with Gasteiger partial charge in [-0.05, 0) is 36.8 Å². The van der Waals surface area contributed by atoms with E-state index in [1.807, 2.05) is 6.92 Å². The van der Waals surface area contributed by atoms with Crippen molar-refractivity contribution in [1.82, 2.24) is 4.31 Å². The van der Waals surface area contributed by atoms with Crippen molar-refractivity contribution in [2.75, 3.05) is 12.3 Å². The molecule has 3 nitrogen and oxygen atoms in total. The van der Waals surface area contributed by atoms with E-state index in [0.717, 1.165) is 16.9 Å². The quantitative estimate of drug-likeness (QED) is 0.762. The molecule has 0 amide bonds.